The average molecular weight is 346 g/mol. The molecule has 0 spiro atoms. The van der Waals surface area contributed by atoms with Crippen LogP contribution in [-0.4, -0.2) is 18.4 Å². The number of nitrogens with two attached hydrogens (primary N) is 1. The van der Waals surface area contributed by atoms with Crippen molar-refractivity contribution in [3.8, 4) is 0 Å². The Morgan fingerprint density at radius 2 is 1.54 bits per heavy atom. The molecule has 0 heterocycles. The summed E-state index contributed by atoms with van der Waals surface area (Å²) in [4.78, 5) is 0. The quantitative estimate of drug-likeness (QED) is 0.424. The van der Waals surface area contributed by atoms with Crippen LogP contribution in [0.4, 0.5) is 8.78 Å². The van der Waals surface area contributed by atoms with Crippen LogP contribution in [0.25, 0.3) is 0 Å². The van der Waals surface area contributed by atoms with Crippen LogP contribution in [0.2, 0.25) is 0 Å². The lowest BCUT2D eigenvalue weighted by atomic mass is 9.77. The van der Waals surface area contributed by atoms with Crippen molar-refractivity contribution in [3.05, 3.63) is 0 Å². The van der Waals surface area contributed by atoms with Gasteiger partial charge in [-0.3, -0.25) is 0 Å². The summed E-state index contributed by atoms with van der Waals surface area (Å²) >= 11 is 0. The van der Waals surface area contributed by atoms with Gasteiger partial charge in [-0.05, 0) is 49.9 Å². The fraction of sp³-hybridized carbons (Fsp3) is 1.00. The summed E-state index contributed by atoms with van der Waals surface area (Å²) in [6, 6.07) is 0.357. The molecule has 0 aromatic carbocycles. The standard InChI is InChI=1S/C21H41F2N/c1-4-8-17(11-7-13-19(24)9-5-2)10-6-12-18-15-14-16(3)20(22)21(18)23/h16-21H,4-15,24H2,1-3H3. The van der Waals surface area contributed by atoms with E-state index in [-0.39, 0.29) is 11.8 Å². The molecular weight excluding hydrogens is 304 g/mol. The highest BCUT2D eigenvalue weighted by Gasteiger charge is 2.37. The first-order valence-electron chi connectivity index (χ1n) is 10.5. The Labute approximate surface area is 149 Å². The van der Waals surface area contributed by atoms with Crippen molar-refractivity contribution in [1.82, 2.24) is 0 Å². The van der Waals surface area contributed by atoms with E-state index >= 15 is 0 Å². The van der Waals surface area contributed by atoms with Gasteiger partial charge in [0.15, 0.2) is 0 Å². The molecule has 0 aromatic heterocycles. The second-order valence-corrected chi connectivity index (χ2v) is 8.27. The summed E-state index contributed by atoms with van der Waals surface area (Å²) in [6.45, 7) is 6.27. The van der Waals surface area contributed by atoms with Crippen LogP contribution in [0.3, 0.4) is 0 Å². The highest BCUT2D eigenvalue weighted by molar-refractivity contribution is 4.86. The highest BCUT2D eigenvalue weighted by atomic mass is 19.2. The van der Waals surface area contributed by atoms with Crippen molar-refractivity contribution in [2.75, 3.05) is 0 Å². The summed E-state index contributed by atoms with van der Waals surface area (Å²) < 4.78 is 28.0. The molecule has 3 heteroatoms. The average Bonchev–Trinajstić information content (AvgIpc) is 2.55. The van der Waals surface area contributed by atoms with Crippen molar-refractivity contribution >= 4 is 0 Å². The molecule has 24 heavy (non-hydrogen) atoms. The second-order valence-electron chi connectivity index (χ2n) is 8.27. The molecule has 0 radical (unpaired) electrons. The van der Waals surface area contributed by atoms with Gasteiger partial charge in [0.25, 0.3) is 0 Å². The van der Waals surface area contributed by atoms with Crippen molar-refractivity contribution in [2.24, 2.45) is 23.5 Å². The maximum atomic E-state index is 14.1. The molecule has 6 unspecified atom stereocenters. The summed E-state index contributed by atoms with van der Waals surface area (Å²) in [5.74, 6) is 0.596. The third kappa shape index (κ3) is 7.80. The normalized spacial score (nSPS) is 30.2. The molecule has 0 saturated heterocycles. The minimum absolute atomic E-state index is 0.0450. The van der Waals surface area contributed by atoms with Gasteiger partial charge in [0, 0.05) is 6.04 Å². The van der Waals surface area contributed by atoms with E-state index < -0.39 is 12.3 Å². The first-order valence-corrected chi connectivity index (χ1v) is 10.5. The molecule has 2 N–H and O–H groups in total. The maximum Gasteiger partial charge on any atom is 0.134 e. The topological polar surface area (TPSA) is 26.0 Å². The predicted octanol–water partition coefficient (Wildman–Crippen LogP) is 6.59. The fourth-order valence-corrected chi connectivity index (χ4v) is 4.37. The third-order valence-electron chi connectivity index (χ3n) is 6.02. The van der Waals surface area contributed by atoms with Crippen LogP contribution in [0.5, 0.6) is 0 Å². The van der Waals surface area contributed by atoms with E-state index in [0.717, 1.165) is 44.4 Å². The molecule has 1 aliphatic rings. The zero-order valence-corrected chi connectivity index (χ0v) is 16.3. The van der Waals surface area contributed by atoms with Crippen molar-refractivity contribution in [2.45, 2.75) is 116 Å². The predicted molar refractivity (Wildman–Crippen MR) is 101 cm³/mol. The van der Waals surface area contributed by atoms with Gasteiger partial charge in [0.1, 0.15) is 12.3 Å². The van der Waals surface area contributed by atoms with Gasteiger partial charge in [-0.2, -0.15) is 0 Å². The fourth-order valence-electron chi connectivity index (χ4n) is 4.37. The molecule has 1 nitrogen and oxygen atoms in total. The third-order valence-corrected chi connectivity index (χ3v) is 6.02. The Morgan fingerprint density at radius 3 is 2.21 bits per heavy atom. The minimum atomic E-state index is -1.24. The minimum Gasteiger partial charge on any atom is -0.328 e. The molecule has 1 rings (SSSR count). The smallest absolute Gasteiger partial charge is 0.134 e. The van der Waals surface area contributed by atoms with E-state index in [4.69, 9.17) is 5.73 Å². The molecule has 0 aromatic rings. The Kier molecular flexibility index (Phi) is 11.1. The van der Waals surface area contributed by atoms with E-state index in [2.05, 4.69) is 13.8 Å². The number of alkyl halides is 2. The molecule has 1 fully saturated rings. The summed E-state index contributed by atoms with van der Waals surface area (Å²) in [7, 11) is 0. The van der Waals surface area contributed by atoms with Crippen LogP contribution in [0, 0.1) is 17.8 Å². The number of halogens is 2. The second kappa shape index (κ2) is 12.2. The lowest BCUT2D eigenvalue weighted by Crippen LogP contribution is -2.36. The first-order chi connectivity index (χ1) is 11.5. The van der Waals surface area contributed by atoms with Crippen molar-refractivity contribution in [1.29, 1.82) is 0 Å². The van der Waals surface area contributed by atoms with Crippen LogP contribution in [-0.2, 0) is 0 Å². The van der Waals surface area contributed by atoms with Gasteiger partial charge in [-0.15, -0.1) is 0 Å². The lowest BCUT2D eigenvalue weighted by Gasteiger charge is -2.33. The van der Waals surface area contributed by atoms with E-state index in [0.29, 0.717) is 6.04 Å². The van der Waals surface area contributed by atoms with Crippen LogP contribution < -0.4 is 5.73 Å². The lowest BCUT2D eigenvalue weighted by molar-refractivity contribution is 0.0248. The van der Waals surface area contributed by atoms with E-state index in [1.165, 1.54) is 38.5 Å². The number of hydrogen-bond acceptors (Lipinski definition) is 1. The summed E-state index contributed by atoms with van der Waals surface area (Å²) in [6.07, 6.45) is 10.7. The van der Waals surface area contributed by atoms with Crippen molar-refractivity contribution in [3.63, 3.8) is 0 Å². The van der Waals surface area contributed by atoms with Crippen LogP contribution in [0.1, 0.15) is 97.8 Å². The Hall–Kier alpha value is -0.180. The number of rotatable bonds is 12. The molecular formula is C21H41F2N. The molecule has 6 atom stereocenters. The Morgan fingerprint density at radius 1 is 0.875 bits per heavy atom. The first kappa shape index (κ1) is 21.9. The van der Waals surface area contributed by atoms with E-state index in [1.807, 2.05) is 6.92 Å². The SMILES string of the molecule is CCCC(N)CCCC(CCC)CCCC1CCC(C)C(F)C1F. The van der Waals surface area contributed by atoms with Gasteiger partial charge < -0.3 is 5.73 Å². The van der Waals surface area contributed by atoms with Gasteiger partial charge in [-0.25, -0.2) is 8.78 Å². The molecule has 0 bridgehead atoms. The molecule has 1 saturated carbocycles. The van der Waals surface area contributed by atoms with Crippen molar-refractivity contribution < 1.29 is 8.78 Å². The largest absolute Gasteiger partial charge is 0.328 e. The Bertz CT molecular complexity index is 310. The summed E-state index contributed by atoms with van der Waals surface area (Å²) in [5, 5.41) is 0. The van der Waals surface area contributed by atoms with Crippen LogP contribution in [0.15, 0.2) is 0 Å². The maximum absolute atomic E-state index is 14.1. The molecule has 0 aliphatic heterocycles. The summed E-state index contributed by atoms with van der Waals surface area (Å²) in [5.41, 5.74) is 6.10. The molecule has 1 aliphatic carbocycles. The Balaban J connectivity index is 2.25. The zero-order chi connectivity index (χ0) is 17.9. The monoisotopic (exact) mass is 345 g/mol. The molecule has 0 amide bonds. The molecule has 144 valence electrons. The van der Waals surface area contributed by atoms with Gasteiger partial charge in [-0.1, -0.05) is 65.7 Å². The van der Waals surface area contributed by atoms with Crippen LogP contribution >= 0.6 is 0 Å². The highest BCUT2D eigenvalue weighted by Crippen LogP contribution is 2.36. The zero-order valence-electron chi connectivity index (χ0n) is 16.3. The number of hydrogen-bond donors (Lipinski definition) is 1. The van der Waals surface area contributed by atoms with Gasteiger partial charge >= 0.3 is 0 Å². The van der Waals surface area contributed by atoms with E-state index in [1.54, 1.807) is 0 Å². The van der Waals surface area contributed by atoms with E-state index in [9.17, 15) is 8.78 Å². The van der Waals surface area contributed by atoms with Gasteiger partial charge in [0.05, 0.1) is 0 Å². The van der Waals surface area contributed by atoms with Gasteiger partial charge in [0.2, 0.25) is 0 Å².